The lowest BCUT2D eigenvalue weighted by Gasteiger charge is -2.03. The monoisotopic (exact) mass is 335 g/mol. The standard InChI is InChI=1S/C9H7Br2NO3/c1-5-2-6(8(13)4-10)3-7(9(5)11)12(14)15/h2-3H,4H2,1H3. The van der Waals surface area contributed by atoms with E-state index in [-0.39, 0.29) is 16.8 Å². The number of carbonyl (C=O) groups excluding carboxylic acids is 1. The van der Waals surface area contributed by atoms with Crippen molar-refractivity contribution in [2.45, 2.75) is 6.92 Å². The third kappa shape index (κ3) is 2.63. The van der Waals surface area contributed by atoms with Crippen molar-refractivity contribution in [3.8, 4) is 0 Å². The van der Waals surface area contributed by atoms with Crippen LogP contribution < -0.4 is 0 Å². The highest BCUT2D eigenvalue weighted by molar-refractivity contribution is 9.10. The first-order valence-electron chi connectivity index (χ1n) is 4.01. The van der Waals surface area contributed by atoms with Crippen LogP contribution in [0.25, 0.3) is 0 Å². The molecule has 0 N–H and O–H groups in total. The first kappa shape index (κ1) is 12.3. The minimum atomic E-state index is -0.512. The number of nitro groups is 1. The van der Waals surface area contributed by atoms with Gasteiger partial charge in [-0.1, -0.05) is 15.9 Å². The smallest absolute Gasteiger partial charge is 0.284 e. The Labute approximate surface area is 103 Å². The molecule has 1 aromatic rings. The lowest BCUT2D eigenvalue weighted by atomic mass is 10.1. The maximum absolute atomic E-state index is 11.4. The van der Waals surface area contributed by atoms with E-state index in [4.69, 9.17) is 0 Å². The normalized spacial score (nSPS) is 10.1. The topological polar surface area (TPSA) is 60.2 Å². The first-order valence-corrected chi connectivity index (χ1v) is 5.92. The Bertz CT molecular complexity index is 432. The molecule has 80 valence electrons. The van der Waals surface area contributed by atoms with Crippen LogP contribution in [0.1, 0.15) is 15.9 Å². The average molecular weight is 337 g/mol. The Morgan fingerprint density at radius 3 is 2.60 bits per heavy atom. The Morgan fingerprint density at radius 2 is 2.13 bits per heavy atom. The van der Waals surface area contributed by atoms with E-state index in [1.54, 1.807) is 13.0 Å². The second-order valence-corrected chi connectivity index (χ2v) is 4.29. The Morgan fingerprint density at radius 1 is 1.53 bits per heavy atom. The zero-order valence-electron chi connectivity index (χ0n) is 7.79. The van der Waals surface area contributed by atoms with Crippen LogP contribution in [0.3, 0.4) is 0 Å². The fourth-order valence-electron chi connectivity index (χ4n) is 1.12. The molecule has 1 rings (SSSR count). The molecule has 0 fully saturated rings. The van der Waals surface area contributed by atoms with E-state index in [1.807, 2.05) is 0 Å². The fourth-order valence-corrected chi connectivity index (χ4v) is 1.82. The van der Waals surface area contributed by atoms with Gasteiger partial charge in [-0.05, 0) is 34.5 Å². The van der Waals surface area contributed by atoms with Crippen molar-refractivity contribution >= 4 is 43.3 Å². The number of alkyl halides is 1. The molecule has 6 heteroatoms. The minimum Gasteiger partial charge on any atom is -0.293 e. The zero-order valence-corrected chi connectivity index (χ0v) is 11.0. The van der Waals surface area contributed by atoms with Crippen molar-refractivity contribution in [3.63, 3.8) is 0 Å². The molecule has 0 aliphatic rings. The van der Waals surface area contributed by atoms with E-state index in [2.05, 4.69) is 31.9 Å². The van der Waals surface area contributed by atoms with Gasteiger partial charge in [0.15, 0.2) is 5.78 Å². The fraction of sp³-hybridized carbons (Fsp3) is 0.222. The molecule has 0 amide bonds. The van der Waals surface area contributed by atoms with Crippen molar-refractivity contribution < 1.29 is 9.72 Å². The summed E-state index contributed by atoms with van der Waals surface area (Å²) in [4.78, 5) is 21.5. The number of hydrogen-bond donors (Lipinski definition) is 0. The van der Waals surface area contributed by atoms with Gasteiger partial charge in [0.1, 0.15) is 0 Å². The number of nitro benzene ring substituents is 1. The highest BCUT2D eigenvalue weighted by Gasteiger charge is 2.17. The van der Waals surface area contributed by atoms with Gasteiger partial charge in [0.05, 0.1) is 14.7 Å². The lowest BCUT2D eigenvalue weighted by molar-refractivity contribution is -0.385. The van der Waals surface area contributed by atoms with Gasteiger partial charge in [0.2, 0.25) is 0 Å². The highest BCUT2D eigenvalue weighted by atomic mass is 79.9. The summed E-state index contributed by atoms with van der Waals surface area (Å²) < 4.78 is 0.415. The van der Waals surface area contributed by atoms with Crippen LogP contribution >= 0.6 is 31.9 Å². The number of ketones is 1. The van der Waals surface area contributed by atoms with E-state index < -0.39 is 4.92 Å². The highest BCUT2D eigenvalue weighted by Crippen LogP contribution is 2.29. The summed E-state index contributed by atoms with van der Waals surface area (Å²) in [5.41, 5.74) is 0.937. The van der Waals surface area contributed by atoms with Crippen molar-refractivity contribution in [1.82, 2.24) is 0 Å². The van der Waals surface area contributed by atoms with Gasteiger partial charge < -0.3 is 0 Å². The van der Waals surface area contributed by atoms with E-state index >= 15 is 0 Å². The second-order valence-electron chi connectivity index (χ2n) is 2.94. The van der Waals surface area contributed by atoms with Crippen LogP contribution in [0.5, 0.6) is 0 Å². The average Bonchev–Trinajstić information content (AvgIpc) is 2.20. The Kier molecular flexibility index (Phi) is 3.98. The third-order valence-corrected chi connectivity index (χ3v) is 3.42. The quantitative estimate of drug-likeness (QED) is 0.368. The Balaban J connectivity index is 3.35. The van der Waals surface area contributed by atoms with Crippen LogP contribution in [-0.4, -0.2) is 16.0 Å². The van der Waals surface area contributed by atoms with Gasteiger partial charge in [-0.25, -0.2) is 0 Å². The first-order chi connectivity index (χ1) is 6.97. The summed E-state index contributed by atoms with van der Waals surface area (Å²) in [5.74, 6) is -0.172. The van der Waals surface area contributed by atoms with E-state index in [1.165, 1.54) is 6.07 Å². The molecular formula is C9H7Br2NO3. The van der Waals surface area contributed by atoms with Crippen LogP contribution in [0.15, 0.2) is 16.6 Å². The van der Waals surface area contributed by atoms with Gasteiger partial charge in [-0.2, -0.15) is 0 Å². The number of Topliss-reactive ketones (excluding diaryl/α,β-unsaturated/α-hetero) is 1. The van der Waals surface area contributed by atoms with Crippen molar-refractivity contribution in [2.75, 3.05) is 5.33 Å². The van der Waals surface area contributed by atoms with Crippen LogP contribution in [0, 0.1) is 17.0 Å². The van der Waals surface area contributed by atoms with E-state index in [0.717, 1.165) is 0 Å². The van der Waals surface area contributed by atoms with Gasteiger partial charge in [0, 0.05) is 11.6 Å². The van der Waals surface area contributed by atoms with Crippen LogP contribution in [-0.2, 0) is 0 Å². The van der Waals surface area contributed by atoms with Gasteiger partial charge in [-0.15, -0.1) is 0 Å². The molecule has 0 bridgehead atoms. The number of hydrogen-bond acceptors (Lipinski definition) is 3. The number of halogens is 2. The van der Waals surface area contributed by atoms with E-state index in [9.17, 15) is 14.9 Å². The second kappa shape index (κ2) is 4.85. The number of aryl methyl sites for hydroxylation is 1. The third-order valence-electron chi connectivity index (χ3n) is 1.88. The molecule has 0 saturated heterocycles. The Hall–Kier alpha value is -0.750. The molecular weight excluding hydrogens is 330 g/mol. The molecule has 1 aromatic carbocycles. The molecule has 0 aromatic heterocycles. The maximum Gasteiger partial charge on any atom is 0.284 e. The van der Waals surface area contributed by atoms with E-state index in [0.29, 0.717) is 15.6 Å². The van der Waals surface area contributed by atoms with Gasteiger partial charge in [-0.3, -0.25) is 14.9 Å². The molecule has 15 heavy (non-hydrogen) atoms. The number of benzene rings is 1. The lowest BCUT2D eigenvalue weighted by Crippen LogP contribution is -2.02. The summed E-state index contributed by atoms with van der Waals surface area (Å²) in [6.07, 6.45) is 0. The molecule has 0 aliphatic carbocycles. The molecule has 0 spiro atoms. The van der Waals surface area contributed by atoms with Crippen molar-refractivity contribution in [2.24, 2.45) is 0 Å². The SMILES string of the molecule is Cc1cc(C(=O)CBr)cc([N+](=O)[O-])c1Br. The van der Waals surface area contributed by atoms with Crippen LogP contribution in [0.4, 0.5) is 5.69 Å². The molecule has 0 unspecified atom stereocenters. The summed E-state index contributed by atoms with van der Waals surface area (Å²) >= 11 is 6.15. The summed E-state index contributed by atoms with van der Waals surface area (Å²) in [6.45, 7) is 1.71. The number of nitrogens with zero attached hydrogens (tertiary/aromatic N) is 1. The maximum atomic E-state index is 11.4. The minimum absolute atomic E-state index is 0.0840. The molecule has 0 atom stereocenters. The predicted molar refractivity (Wildman–Crippen MR) is 63.7 cm³/mol. The van der Waals surface area contributed by atoms with Gasteiger partial charge >= 0.3 is 0 Å². The molecule has 0 saturated carbocycles. The van der Waals surface area contributed by atoms with Crippen molar-refractivity contribution in [1.29, 1.82) is 0 Å². The zero-order chi connectivity index (χ0) is 11.6. The van der Waals surface area contributed by atoms with Crippen LogP contribution in [0.2, 0.25) is 0 Å². The number of rotatable bonds is 3. The largest absolute Gasteiger partial charge is 0.293 e. The molecule has 4 nitrogen and oxygen atoms in total. The number of carbonyl (C=O) groups is 1. The summed E-state index contributed by atoms with van der Waals surface area (Å²) in [7, 11) is 0. The summed E-state index contributed by atoms with van der Waals surface area (Å²) in [5, 5.41) is 10.8. The molecule has 0 radical (unpaired) electrons. The predicted octanol–water partition coefficient (Wildman–Crippen LogP) is 3.24. The summed E-state index contributed by atoms with van der Waals surface area (Å²) in [6, 6.07) is 2.90. The molecule has 0 aliphatic heterocycles. The van der Waals surface area contributed by atoms with Gasteiger partial charge in [0.25, 0.3) is 5.69 Å². The molecule has 0 heterocycles. The van der Waals surface area contributed by atoms with Crippen molar-refractivity contribution in [3.05, 3.63) is 37.8 Å².